The summed E-state index contributed by atoms with van der Waals surface area (Å²) in [6.07, 6.45) is 5.21. The number of aromatic nitrogens is 2. The quantitative estimate of drug-likeness (QED) is 0.770. The number of aryl methyl sites for hydroxylation is 1. The third-order valence-electron chi connectivity index (χ3n) is 3.91. The molecule has 0 saturated carbocycles. The standard InChI is InChI=1S/C12H19N3O/c1-2-15-9-13-11-10(15)3-6-14-12(11)4-7-16-8-5-12/h9,14H,2-8H2,1H3. The van der Waals surface area contributed by atoms with Crippen LogP contribution in [0, 0.1) is 0 Å². The van der Waals surface area contributed by atoms with Crippen molar-refractivity contribution in [3.63, 3.8) is 0 Å². The third kappa shape index (κ3) is 1.40. The maximum absolute atomic E-state index is 5.47. The molecule has 1 N–H and O–H groups in total. The molecule has 2 aliphatic rings. The van der Waals surface area contributed by atoms with Crippen LogP contribution in [0.4, 0.5) is 0 Å². The topological polar surface area (TPSA) is 39.1 Å². The summed E-state index contributed by atoms with van der Waals surface area (Å²) in [5.41, 5.74) is 2.82. The van der Waals surface area contributed by atoms with E-state index in [1.807, 2.05) is 6.33 Å². The van der Waals surface area contributed by atoms with Crippen LogP contribution >= 0.6 is 0 Å². The Bertz CT molecular complexity index is 380. The Kier molecular flexibility index (Phi) is 2.48. The van der Waals surface area contributed by atoms with E-state index >= 15 is 0 Å². The van der Waals surface area contributed by atoms with Crippen LogP contribution in [0.1, 0.15) is 31.2 Å². The molecule has 0 bridgehead atoms. The third-order valence-corrected chi connectivity index (χ3v) is 3.91. The summed E-state index contributed by atoms with van der Waals surface area (Å²) in [5.74, 6) is 0. The highest BCUT2D eigenvalue weighted by molar-refractivity contribution is 5.27. The summed E-state index contributed by atoms with van der Waals surface area (Å²) in [5, 5.41) is 3.67. The van der Waals surface area contributed by atoms with Gasteiger partial charge < -0.3 is 14.6 Å². The molecule has 0 unspecified atom stereocenters. The summed E-state index contributed by atoms with van der Waals surface area (Å²) in [6.45, 7) is 5.98. The first-order valence-electron chi connectivity index (χ1n) is 6.23. The van der Waals surface area contributed by atoms with Gasteiger partial charge in [0.2, 0.25) is 0 Å². The number of nitrogens with zero attached hydrogens (tertiary/aromatic N) is 2. The normalized spacial score (nSPS) is 23.3. The second-order valence-corrected chi connectivity index (χ2v) is 4.70. The maximum Gasteiger partial charge on any atom is 0.0952 e. The van der Waals surface area contributed by atoms with Gasteiger partial charge in [0, 0.05) is 38.4 Å². The molecule has 4 nitrogen and oxygen atoms in total. The van der Waals surface area contributed by atoms with Gasteiger partial charge in [-0.2, -0.15) is 0 Å². The number of hydrogen-bond donors (Lipinski definition) is 1. The van der Waals surface area contributed by atoms with E-state index in [1.54, 1.807) is 0 Å². The van der Waals surface area contributed by atoms with Crippen LogP contribution < -0.4 is 5.32 Å². The number of imidazole rings is 1. The first-order chi connectivity index (χ1) is 7.86. The van der Waals surface area contributed by atoms with Gasteiger partial charge >= 0.3 is 0 Å². The molecule has 0 amide bonds. The smallest absolute Gasteiger partial charge is 0.0952 e. The van der Waals surface area contributed by atoms with Gasteiger partial charge in [0.25, 0.3) is 0 Å². The average molecular weight is 221 g/mol. The van der Waals surface area contributed by atoms with Crippen LogP contribution in [0.15, 0.2) is 6.33 Å². The Morgan fingerprint density at radius 3 is 3.06 bits per heavy atom. The van der Waals surface area contributed by atoms with Crippen molar-refractivity contribution in [2.45, 2.75) is 38.3 Å². The van der Waals surface area contributed by atoms with Gasteiger partial charge in [-0.1, -0.05) is 0 Å². The molecule has 88 valence electrons. The van der Waals surface area contributed by atoms with E-state index in [1.165, 1.54) is 11.4 Å². The van der Waals surface area contributed by atoms with Crippen LogP contribution in [0.2, 0.25) is 0 Å². The molecule has 0 aromatic carbocycles. The van der Waals surface area contributed by atoms with E-state index in [0.717, 1.165) is 45.6 Å². The number of hydrogen-bond acceptors (Lipinski definition) is 3. The van der Waals surface area contributed by atoms with Crippen molar-refractivity contribution >= 4 is 0 Å². The minimum atomic E-state index is 0.103. The van der Waals surface area contributed by atoms with E-state index in [0.29, 0.717) is 0 Å². The highest BCUT2D eigenvalue weighted by Gasteiger charge is 2.40. The van der Waals surface area contributed by atoms with Crippen molar-refractivity contribution in [2.75, 3.05) is 19.8 Å². The largest absolute Gasteiger partial charge is 0.381 e. The van der Waals surface area contributed by atoms with Gasteiger partial charge in [0.1, 0.15) is 0 Å². The summed E-state index contributed by atoms with van der Waals surface area (Å²) in [6, 6.07) is 0. The molecule has 0 aliphatic carbocycles. The molecule has 16 heavy (non-hydrogen) atoms. The Balaban J connectivity index is 2.02. The average Bonchev–Trinajstić information content (AvgIpc) is 2.75. The summed E-state index contributed by atoms with van der Waals surface area (Å²) in [4.78, 5) is 4.65. The number of fused-ring (bicyclic) bond motifs is 2. The van der Waals surface area contributed by atoms with Gasteiger partial charge in [-0.15, -0.1) is 0 Å². The molecular formula is C12H19N3O. The van der Waals surface area contributed by atoms with E-state index in [9.17, 15) is 0 Å². The molecule has 1 saturated heterocycles. The highest BCUT2D eigenvalue weighted by Crippen LogP contribution is 2.35. The van der Waals surface area contributed by atoms with Crippen LogP contribution in [0.3, 0.4) is 0 Å². The number of ether oxygens (including phenoxy) is 1. The Morgan fingerprint density at radius 2 is 2.31 bits per heavy atom. The maximum atomic E-state index is 5.47. The van der Waals surface area contributed by atoms with Crippen molar-refractivity contribution < 1.29 is 4.74 Å². The molecule has 1 fully saturated rings. The van der Waals surface area contributed by atoms with Crippen molar-refractivity contribution in [1.29, 1.82) is 0 Å². The lowest BCUT2D eigenvalue weighted by Crippen LogP contribution is -2.51. The van der Waals surface area contributed by atoms with Crippen molar-refractivity contribution in [1.82, 2.24) is 14.9 Å². The van der Waals surface area contributed by atoms with Crippen LogP contribution in [-0.2, 0) is 23.2 Å². The predicted octanol–water partition coefficient (Wildman–Crippen LogP) is 1.05. The number of rotatable bonds is 1. The molecule has 1 aromatic heterocycles. The van der Waals surface area contributed by atoms with E-state index in [2.05, 4.69) is 21.8 Å². The van der Waals surface area contributed by atoms with Crippen molar-refractivity contribution in [3.8, 4) is 0 Å². The highest BCUT2D eigenvalue weighted by atomic mass is 16.5. The molecule has 2 aliphatic heterocycles. The van der Waals surface area contributed by atoms with Crippen LogP contribution in [0.5, 0.6) is 0 Å². The molecule has 1 aromatic rings. The second kappa shape index (κ2) is 3.86. The first-order valence-corrected chi connectivity index (χ1v) is 6.23. The molecule has 3 heterocycles. The summed E-state index contributed by atoms with van der Waals surface area (Å²) in [7, 11) is 0. The molecule has 1 spiro atoms. The lowest BCUT2D eigenvalue weighted by Gasteiger charge is -2.40. The SMILES string of the molecule is CCn1cnc2c1CCNC21CCOCC1. The van der Waals surface area contributed by atoms with Gasteiger partial charge in [-0.25, -0.2) is 4.98 Å². The van der Waals surface area contributed by atoms with Gasteiger partial charge in [0.15, 0.2) is 0 Å². The zero-order chi connectivity index (χ0) is 11.0. The van der Waals surface area contributed by atoms with Crippen LogP contribution in [0.25, 0.3) is 0 Å². The minimum Gasteiger partial charge on any atom is -0.381 e. The summed E-state index contributed by atoms with van der Waals surface area (Å²) >= 11 is 0. The van der Waals surface area contributed by atoms with Gasteiger partial charge in [0.05, 0.1) is 17.6 Å². The van der Waals surface area contributed by atoms with E-state index < -0.39 is 0 Å². The zero-order valence-electron chi connectivity index (χ0n) is 9.83. The van der Waals surface area contributed by atoms with Gasteiger partial charge in [-0.3, -0.25) is 0 Å². The Hall–Kier alpha value is -0.870. The molecule has 0 atom stereocenters. The minimum absolute atomic E-state index is 0.103. The van der Waals surface area contributed by atoms with Crippen LogP contribution in [-0.4, -0.2) is 29.3 Å². The Morgan fingerprint density at radius 1 is 1.50 bits per heavy atom. The fraction of sp³-hybridized carbons (Fsp3) is 0.750. The van der Waals surface area contributed by atoms with Crippen molar-refractivity contribution in [2.24, 2.45) is 0 Å². The molecular weight excluding hydrogens is 202 g/mol. The Labute approximate surface area is 96.0 Å². The second-order valence-electron chi connectivity index (χ2n) is 4.70. The predicted molar refractivity (Wildman–Crippen MR) is 61.3 cm³/mol. The lowest BCUT2D eigenvalue weighted by molar-refractivity contribution is 0.0322. The summed E-state index contributed by atoms with van der Waals surface area (Å²) < 4.78 is 7.76. The fourth-order valence-electron chi connectivity index (χ4n) is 2.98. The van der Waals surface area contributed by atoms with Crippen molar-refractivity contribution in [3.05, 3.63) is 17.7 Å². The first kappa shape index (κ1) is 10.3. The van der Waals surface area contributed by atoms with E-state index in [-0.39, 0.29) is 5.54 Å². The monoisotopic (exact) mass is 221 g/mol. The molecule has 3 rings (SSSR count). The lowest BCUT2D eigenvalue weighted by atomic mass is 9.82. The fourth-order valence-corrected chi connectivity index (χ4v) is 2.98. The zero-order valence-corrected chi connectivity index (χ0v) is 9.83. The molecule has 4 heteroatoms. The molecule has 0 radical (unpaired) electrons. The number of nitrogens with one attached hydrogen (secondary N) is 1. The van der Waals surface area contributed by atoms with E-state index in [4.69, 9.17) is 4.74 Å². The van der Waals surface area contributed by atoms with Gasteiger partial charge in [-0.05, 0) is 19.8 Å².